The van der Waals surface area contributed by atoms with Crippen molar-refractivity contribution in [1.82, 2.24) is 24.8 Å². The fourth-order valence-corrected chi connectivity index (χ4v) is 7.59. The van der Waals surface area contributed by atoms with Crippen LogP contribution in [0, 0.1) is 17.1 Å². The van der Waals surface area contributed by atoms with Crippen LogP contribution in [0.15, 0.2) is 54.7 Å². The number of piperazine rings is 1. The quantitative estimate of drug-likeness (QED) is 0.238. The number of aromatic nitrogens is 3. The number of halogens is 1. The van der Waals surface area contributed by atoms with Crippen molar-refractivity contribution in [2.45, 2.75) is 69.7 Å². The molecule has 0 aliphatic carbocycles. The number of fused-ring (bicyclic) bond motifs is 4. The maximum absolute atomic E-state index is 16.8. The van der Waals surface area contributed by atoms with Gasteiger partial charge in [-0.15, -0.1) is 0 Å². The first-order chi connectivity index (χ1) is 23.5. The van der Waals surface area contributed by atoms with Crippen LogP contribution >= 0.6 is 0 Å². The van der Waals surface area contributed by atoms with E-state index in [4.69, 9.17) is 14.5 Å². The first-order valence-corrected chi connectivity index (χ1v) is 16.7. The molecule has 254 valence electrons. The van der Waals surface area contributed by atoms with E-state index in [1.807, 2.05) is 49.9 Å². The number of likely N-dealkylation sites (tertiary alicyclic amines) is 1. The number of benzene rings is 2. The normalized spacial score (nSPS) is 22.7. The number of aromatic hydroxyl groups is 1. The lowest BCUT2D eigenvalue weighted by Crippen LogP contribution is -2.63. The van der Waals surface area contributed by atoms with E-state index in [9.17, 15) is 15.2 Å². The predicted molar refractivity (Wildman–Crippen MR) is 184 cm³/mol. The molecule has 11 nitrogen and oxygen atoms in total. The summed E-state index contributed by atoms with van der Waals surface area (Å²) in [6, 6.07) is 12.6. The molecule has 3 saturated heterocycles. The Bertz CT molecular complexity index is 2010. The largest absolute Gasteiger partial charge is 0.508 e. The van der Waals surface area contributed by atoms with Crippen molar-refractivity contribution in [3.63, 3.8) is 0 Å². The fraction of sp³-hybridized carbons (Fsp3) is 0.432. The number of allylic oxidation sites excluding steroid dienone is 1. The van der Waals surface area contributed by atoms with E-state index >= 15 is 4.39 Å². The highest BCUT2D eigenvalue weighted by atomic mass is 19.1. The Labute approximate surface area is 284 Å². The van der Waals surface area contributed by atoms with Crippen LogP contribution < -0.4 is 9.64 Å². The number of pyridine rings is 1. The number of phenolic OH excluding ortho intramolecular Hbond substituents is 1. The number of carbonyl (C=O) groups excluding carboxylic acids is 1. The van der Waals surface area contributed by atoms with Gasteiger partial charge in [0.2, 0.25) is 0 Å². The molecule has 1 N–H and O–H groups in total. The van der Waals surface area contributed by atoms with Gasteiger partial charge in [-0.05, 0) is 89.0 Å². The lowest BCUT2D eigenvalue weighted by Gasteiger charge is -2.48. The molecule has 2 aromatic heterocycles. The second-order valence-corrected chi connectivity index (χ2v) is 14.3. The third-order valence-electron chi connectivity index (χ3n) is 9.83. The highest BCUT2D eigenvalue weighted by Gasteiger charge is 2.54. The van der Waals surface area contributed by atoms with Gasteiger partial charge in [0.25, 0.3) is 0 Å². The molecule has 0 radical (unpaired) electrons. The highest BCUT2D eigenvalue weighted by molar-refractivity contribution is 6.00. The molecule has 3 unspecified atom stereocenters. The van der Waals surface area contributed by atoms with Crippen LogP contribution in [0.3, 0.4) is 0 Å². The Balaban J connectivity index is 1.34. The van der Waals surface area contributed by atoms with Crippen LogP contribution in [0.4, 0.5) is 15.0 Å². The van der Waals surface area contributed by atoms with Gasteiger partial charge in [0, 0.05) is 37.0 Å². The number of nitriles is 1. The van der Waals surface area contributed by atoms with Crippen LogP contribution in [-0.2, 0) is 4.74 Å². The molecule has 4 aromatic rings. The molecule has 0 spiro atoms. The third-order valence-corrected chi connectivity index (χ3v) is 9.83. The molecule has 5 heterocycles. The summed E-state index contributed by atoms with van der Waals surface area (Å²) < 4.78 is 28.9. The van der Waals surface area contributed by atoms with Crippen molar-refractivity contribution < 1.29 is 23.8 Å². The smallest absolute Gasteiger partial charge is 0.411 e. The van der Waals surface area contributed by atoms with E-state index in [2.05, 4.69) is 28.0 Å². The minimum atomic E-state index is -0.849. The van der Waals surface area contributed by atoms with E-state index in [0.29, 0.717) is 49.3 Å². The van der Waals surface area contributed by atoms with Crippen LogP contribution in [0.1, 0.15) is 46.5 Å². The molecule has 3 aliphatic heterocycles. The second-order valence-electron chi connectivity index (χ2n) is 14.3. The molecule has 49 heavy (non-hydrogen) atoms. The standard InChI is InChI=1S/C37H40FN7O4/c1-36(2,3)49-35(47)45-24-12-14-37(45,13-8-15-39)22-44(20-24)33-29-19-40-31(28-18-26(46)17-23-9-5-6-11-27(23)28)30(38)32(29)41-34(42-33)48-21-25-10-7-16-43(25)4/h5-6,8-9,11,13,17-19,24-25,46H,7,10,12,14,16,20-22H2,1-4H3/b13-8+. The number of likely N-dealkylation sites (N-methyl/N-ethyl adjacent to an activating group) is 1. The van der Waals surface area contributed by atoms with Gasteiger partial charge in [0.05, 0.1) is 23.0 Å². The Morgan fingerprint density at radius 2 is 2.02 bits per heavy atom. The Hall–Kier alpha value is -5.02. The molecular weight excluding hydrogens is 625 g/mol. The summed E-state index contributed by atoms with van der Waals surface area (Å²) in [7, 11) is 2.05. The Kier molecular flexibility index (Phi) is 8.27. The zero-order chi connectivity index (χ0) is 34.5. The van der Waals surface area contributed by atoms with E-state index in [-0.39, 0.29) is 35.1 Å². The van der Waals surface area contributed by atoms with Gasteiger partial charge in [-0.3, -0.25) is 9.88 Å². The minimum absolute atomic E-state index is 0.00265. The maximum atomic E-state index is 16.8. The number of phenols is 1. The molecule has 0 saturated carbocycles. The maximum Gasteiger partial charge on any atom is 0.411 e. The predicted octanol–water partition coefficient (Wildman–Crippen LogP) is 6.20. The fourth-order valence-electron chi connectivity index (χ4n) is 7.59. The van der Waals surface area contributed by atoms with Crippen molar-refractivity contribution in [2.75, 3.05) is 38.2 Å². The number of nitrogens with zero attached hydrogens (tertiary/aromatic N) is 7. The zero-order valence-electron chi connectivity index (χ0n) is 28.2. The molecular formula is C37H40FN7O4. The summed E-state index contributed by atoms with van der Waals surface area (Å²) in [6.45, 7) is 7.50. The lowest BCUT2D eigenvalue weighted by atomic mass is 9.94. The van der Waals surface area contributed by atoms with Crippen LogP contribution in [0.2, 0.25) is 0 Å². The van der Waals surface area contributed by atoms with E-state index in [1.54, 1.807) is 23.2 Å². The summed E-state index contributed by atoms with van der Waals surface area (Å²) in [5.41, 5.74) is -1.01. The Morgan fingerprint density at radius 3 is 2.78 bits per heavy atom. The number of ether oxygens (including phenoxy) is 2. The number of amides is 1. The van der Waals surface area contributed by atoms with Crippen molar-refractivity contribution in [1.29, 1.82) is 5.26 Å². The molecule has 7 rings (SSSR count). The van der Waals surface area contributed by atoms with Gasteiger partial charge in [-0.25, -0.2) is 9.18 Å². The number of hydrogen-bond donors (Lipinski definition) is 1. The van der Waals surface area contributed by atoms with Crippen molar-refractivity contribution >= 4 is 33.6 Å². The lowest BCUT2D eigenvalue weighted by molar-refractivity contribution is 0.00217. The summed E-state index contributed by atoms with van der Waals surface area (Å²) in [6.07, 6.45) is 7.65. The third kappa shape index (κ3) is 6.08. The molecule has 3 fully saturated rings. The topological polar surface area (TPSA) is 128 Å². The van der Waals surface area contributed by atoms with E-state index < -0.39 is 23.1 Å². The van der Waals surface area contributed by atoms with E-state index in [0.717, 1.165) is 30.2 Å². The zero-order valence-corrected chi connectivity index (χ0v) is 28.2. The summed E-state index contributed by atoms with van der Waals surface area (Å²) in [4.78, 5) is 33.6. The molecule has 3 atom stereocenters. The molecule has 12 heteroatoms. The number of rotatable bonds is 6. The van der Waals surface area contributed by atoms with Gasteiger partial charge < -0.3 is 24.4 Å². The number of carbonyl (C=O) groups is 1. The summed E-state index contributed by atoms with van der Waals surface area (Å²) in [5.74, 6) is -0.227. The van der Waals surface area contributed by atoms with Crippen molar-refractivity contribution in [3.8, 4) is 29.1 Å². The SMILES string of the molecule is CN1CCCC1COc1nc(N2CC3CCC(/C=C/C#N)(C2)N3C(=O)OC(C)(C)C)c2cnc(-c3cc(O)cc4ccccc34)c(F)c2n1. The van der Waals surface area contributed by atoms with Gasteiger partial charge in [-0.2, -0.15) is 15.2 Å². The monoisotopic (exact) mass is 665 g/mol. The summed E-state index contributed by atoms with van der Waals surface area (Å²) in [5, 5.41) is 21.9. The number of anilines is 1. The van der Waals surface area contributed by atoms with Gasteiger partial charge in [0.15, 0.2) is 5.82 Å². The van der Waals surface area contributed by atoms with Gasteiger partial charge in [-0.1, -0.05) is 24.3 Å². The second kappa shape index (κ2) is 12.5. The van der Waals surface area contributed by atoms with Crippen molar-refractivity contribution in [3.05, 3.63) is 60.6 Å². The average molecular weight is 666 g/mol. The van der Waals surface area contributed by atoms with Crippen LogP contribution in [-0.4, -0.2) is 92.5 Å². The Morgan fingerprint density at radius 1 is 1.20 bits per heavy atom. The van der Waals surface area contributed by atoms with Crippen LogP contribution in [0.5, 0.6) is 11.8 Å². The first kappa shape index (κ1) is 32.5. The van der Waals surface area contributed by atoms with Gasteiger partial charge in [0.1, 0.15) is 35.0 Å². The minimum Gasteiger partial charge on any atom is -0.508 e. The molecule has 3 aliphatic rings. The van der Waals surface area contributed by atoms with Gasteiger partial charge >= 0.3 is 12.1 Å². The van der Waals surface area contributed by atoms with Crippen LogP contribution in [0.25, 0.3) is 32.9 Å². The molecule has 2 bridgehead atoms. The van der Waals surface area contributed by atoms with Crippen molar-refractivity contribution in [2.24, 2.45) is 0 Å². The average Bonchev–Trinajstić information content (AvgIpc) is 3.58. The summed E-state index contributed by atoms with van der Waals surface area (Å²) >= 11 is 0. The van der Waals surface area contributed by atoms with E-state index in [1.165, 1.54) is 12.1 Å². The number of hydrogen-bond acceptors (Lipinski definition) is 10. The molecule has 1 amide bonds. The highest BCUT2D eigenvalue weighted by Crippen LogP contribution is 2.44. The molecule has 2 aromatic carbocycles. The first-order valence-electron chi connectivity index (χ1n) is 16.7.